The van der Waals surface area contributed by atoms with E-state index in [9.17, 15) is 4.79 Å². The summed E-state index contributed by atoms with van der Waals surface area (Å²) in [6.07, 6.45) is 1.81. The van der Waals surface area contributed by atoms with Crippen LogP contribution in [0.3, 0.4) is 0 Å². The van der Waals surface area contributed by atoms with Crippen LogP contribution in [-0.2, 0) is 4.74 Å². The quantitative estimate of drug-likeness (QED) is 0.666. The van der Waals surface area contributed by atoms with Crippen molar-refractivity contribution in [2.24, 2.45) is 0 Å². The monoisotopic (exact) mass is 364 g/mol. The van der Waals surface area contributed by atoms with Crippen molar-refractivity contribution in [3.05, 3.63) is 54.4 Å². The van der Waals surface area contributed by atoms with E-state index in [0.717, 1.165) is 42.9 Å². The number of esters is 1. The van der Waals surface area contributed by atoms with Crippen molar-refractivity contribution in [2.75, 3.05) is 44.7 Å². The van der Waals surface area contributed by atoms with Crippen molar-refractivity contribution in [1.82, 2.24) is 14.5 Å². The first-order valence-electron chi connectivity index (χ1n) is 9.34. The second-order valence-electron chi connectivity index (χ2n) is 6.85. The van der Waals surface area contributed by atoms with E-state index in [1.165, 1.54) is 5.69 Å². The van der Waals surface area contributed by atoms with Gasteiger partial charge < -0.3 is 14.5 Å². The number of carbonyl (C=O) groups excluding carboxylic acids is 1. The lowest BCUT2D eigenvalue weighted by Gasteiger charge is -2.34. The molecule has 0 aliphatic carbocycles. The first-order chi connectivity index (χ1) is 13.2. The number of rotatable bonds is 4. The zero-order valence-electron chi connectivity index (χ0n) is 15.8. The Hall–Kier alpha value is -2.86. The third kappa shape index (κ3) is 3.53. The molecule has 1 aliphatic heterocycles. The number of fused-ring (bicyclic) bond motifs is 1. The Labute approximate surface area is 159 Å². The van der Waals surface area contributed by atoms with Crippen molar-refractivity contribution < 1.29 is 9.53 Å². The molecule has 4 rings (SSSR count). The van der Waals surface area contributed by atoms with Gasteiger partial charge in [0.15, 0.2) is 0 Å². The lowest BCUT2D eigenvalue weighted by atomic mass is 10.2. The maximum Gasteiger partial charge on any atom is 0.338 e. The number of piperazine rings is 1. The standard InChI is InChI=1S/C21H24N4O2/c1-3-27-21(26)16-7-8-20-19(13-16)22-15-25(20)18-6-4-5-17(14-18)24-11-9-23(2)10-12-24/h4-8,13-15H,3,9-12H2,1-2H3. The Morgan fingerprint density at radius 2 is 1.85 bits per heavy atom. The molecule has 2 aromatic carbocycles. The molecule has 3 aromatic rings. The summed E-state index contributed by atoms with van der Waals surface area (Å²) in [5, 5.41) is 0. The van der Waals surface area contributed by atoms with Gasteiger partial charge in [-0.3, -0.25) is 4.57 Å². The number of anilines is 1. The summed E-state index contributed by atoms with van der Waals surface area (Å²) >= 11 is 0. The van der Waals surface area contributed by atoms with Gasteiger partial charge in [-0.05, 0) is 50.4 Å². The summed E-state index contributed by atoms with van der Waals surface area (Å²) in [5.74, 6) is -0.314. The van der Waals surface area contributed by atoms with Crippen molar-refractivity contribution in [2.45, 2.75) is 6.92 Å². The first-order valence-corrected chi connectivity index (χ1v) is 9.34. The van der Waals surface area contributed by atoms with Crippen LogP contribution >= 0.6 is 0 Å². The van der Waals surface area contributed by atoms with E-state index in [-0.39, 0.29) is 5.97 Å². The lowest BCUT2D eigenvalue weighted by Crippen LogP contribution is -2.44. The van der Waals surface area contributed by atoms with Gasteiger partial charge in [0.1, 0.15) is 6.33 Å². The van der Waals surface area contributed by atoms with Crippen LogP contribution in [0.15, 0.2) is 48.8 Å². The van der Waals surface area contributed by atoms with Crippen molar-refractivity contribution in [3.8, 4) is 5.69 Å². The molecule has 0 bridgehead atoms. The number of ether oxygens (including phenoxy) is 1. The van der Waals surface area contributed by atoms with Gasteiger partial charge in [0.05, 0.1) is 23.2 Å². The molecule has 0 amide bonds. The zero-order valence-corrected chi connectivity index (χ0v) is 15.8. The summed E-state index contributed by atoms with van der Waals surface area (Å²) in [7, 11) is 2.16. The molecule has 6 heteroatoms. The number of carbonyl (C=O) groups is 1. The van der Waals surface area contributed by atoms with Crippen LogP contribution in [0.1, 0.15) is 17.3 Å². The van der Waals surface area contributed by atoms with Gasteiger partial charge >= 0.3 is 5.97 Å². The average molecular weight is 364 g/mol. The summed E-state index contributed by atoms with van der Waals surface area (Å²) in [4.78, 5) is 21.2. The van der Waals surface area contributed by atoms with Crippen molar-refractivity contribution in [3.63, 3.8) is 0 Å². The van der Waals surface area contributed by atoms with Gasteiger partial charge in [-0.25, -0.2) is 9.78 Å². The van der Waals surface area contributed by atoms with E-state index in [4.69, 9.17) is 4.74 Å². The highest BCUT2D eigenvalue weighted by Crippen LogP contribution is 2.24. The Bertz CT molecular complexity index is 958. The molecular formula is C21H24N4O2. The fraction of sp³-hybridized carbons (Fsp3) is 0.333. The molecule has 0 saturated carbocycles. The molecule has 140 valence electrons. The summed E-state index contributed by atoms with van der Waals surface area (Å²) in [6, 6.07) is 14.0. The molecule has 27 heavy (non-hydrogen) atoms. The van der Waals surface area contributed by atoms with Gasteiger partial charge in [0.25, 0.3) is 0 Å². The number of benzene rings is 2. The van der Waals surface area contributed by atoms with E-state index in [1.54, 1.807) is 19.1 Å². The minimum atomic E-state index is -0.314. The number of hydrogen-bond acceptors (Lipinski definition) is 5. The van der Waals surface area contributed by atoms with E-state index in [1.807, 2.05) is 12.4 Å². The molecule has 1 aliphatic rings. The second kappa shape index (κ2) is 7.40. The maximum atomic E-state index is 11.9. The third-order valence-electron chi connectivity index (χ3n) is 5.03. The SMILES string of the molecule is CCOC(=O)c1ccc2c(c1)ncn2-c1cccc(N2CCN(C)CC2)c1. The third-order valence-corrected chi connectivity index (χ3v) is 5.03. The molecule has 0 radical (unpaired) electrons. The van der Waals surface area contributed by atoms with E-state index in [2.05, 4.69) is 50.7 Å². The fourth-order valence-corrected chi connectivity index (χ4v) is 3.46. The number of hydrogen-bond donors (Lipinski definition) is 0. The molecule has 0 atom stereocenters. The molecule has 1 aromatic heterocycles. The number of nitrogens with zero attached hydrogens (tertiary/aromatic N) is 4. The van der Waals surface area contributed by atoms with Gasteiger partial charge in [0, 0.05) is 37.6 Å². The van der Waals surface area contributed by atoms with Crippen molar-refractivity contribution in [1.29, 1.82) is 0 Å². The van der Waals surface area contributed by atoms with Crippen LogP contribution in [0.2, 0.25) is 0 Å². The van der Waals surface area contributed by atoms with Gasteiger partial charge in [0.2, 0.25) is 0 Å². The number of likely N-dealkylation sites (N-methyl/N-ethyl adjacent to an activating group) is 1. The van der Waals surface area contributed by atoms with Crippen molar-refractivity contribution >= 4 is 22.7 Å². The molecule has 0 N–H and O–H groups in total. The number of imidazole rings is 1. The Morgan fingerprint density at radius 1 is 1.07 bits per heavy atom. The van der Waals surface area contributed by atoms with Gasteiger partial charge in [-0.1, -0.05) is 6.07 Å². The summed E-state index contributed by atoms with van der Waals surface area (Å²) in [6.45, 7) is 6.40. The van der Waals surface area contributed by atoms with Crippen LogP contribution in [0.25, 0.3) is 16.7 Å². The lowest BCUT2D eigenvalue weighted by molar-refractivity contribution is 0.0526. The van der Waals surface area contributed by atoms with Crippen LogP contribution in [0, 0.1) is 0 Å². The molecule has 0 unspecified atom stereocenters. The van der Waals surface area contributed by atoms with E-state index in [0.29, 0.717) is 12.2 Å². The van der Waals surface area contributed by atoms with Crippen LogP contribution in [0.5, 0.6) is 0 Å². The molecule has 1 fully saturated rings. The van der Waals surface area contributed by atoms with Gasteiger partial charge in [-0.15, -0.1) is 0 Å². The highest BCUT2D eigenvalue weighted by atomic mass is 16.5. The smallest absolute Gasteiger partial charge is 0.338 e. The average Bonchev–Trinajstić information content (AvgIpc) is 3.12. The van der Waals surface area contributed by atoms with E-state index >= 15 is 0 Å². The molecule has 2 heterocycles. The topological polar surface area (TPSA) is 50.6 Å². The minimum Gasteiger partial charge on any atom is -0.462 e. The second-order valence-corrected chi connectivity index (χ2v) is 6.85. The predicted octanol–water partition coefficient (Wildman–Crippen LogP) is 2.95. The maximum absolute atomic E-state index is 11.9. The highest BCUT2D eigenvalue weighted by molar-refractivity contribution is 5.94. The number of aromatic nitrogens is 2. The minimum absolute atomic E-state index is 0.314. The highest BCUT2D eigenvalue weighted by Gasteiger charge is 2.15. The molecular weight excluding hydrogens is 340 g/mol. The summed E-state index contributed by atoms with van der Waals surface area (Å²) < 4.78 is 7.14. The van der Waals surface area contributed by atoms with Gasteiger partial charge in [-0.2, -0.15) is 0 Å². The molecule has 6 nitrogen and oxygen atoms in total. The Balaban J connectivity index is 1.64. The first kappa shape index (κ1) is 17.5. The largest absolute Gasteiger partial charge is 0.462 e. The molecule has 1 saturated heterocycles. The van der Waals surface area contributed by atoms with Crippen LogP contribution in [0.4, 0.5) is 5.69 Å². The van der Waals surface area contributed by atoms with Crippen LogP contribution < -0.4 is 4.90 Å². The molecule has 0 spiro atoms. The fourth-order valence-electron chi connectivity index (χ4n) is 3.46. The summed E-state index contributed by atoms with van der Waals surface area (Å²) in [5.41, 5.74) is 4.58. The predicted molar refractivity (Wildman–Crippen MR) is 107 cm³/mol. The van der Waals surface area contributed by atoms with Crippen LogP contribution in [-0.4, -0.2) is 60.3 Å². The Morgan fingerprint density at radius 3 is 2.63 bits per heavy atom. The zero-order chi connectivity index (χ0) is 18.8. The van der Waals surface area contributed by atoms with E-state index < -0.39 is 0 Å². The normalized spacial score (nSPS) is 15.3. The Kier molecular flexibility index (Phi) is 4.81.